The van der Waals surface area contributed by atoms with Crippen molar-refractivity contribution in [1.29, 1.82) is 0 Å². The van der Waals surface area contributed by atoms with Crippen molar-refractivity contribution < 1.29 is 23.5 Å². The van der Waals surface area contributed by atoms with E-state index < -0.39 is 29.8 Å². The molecule has 1 aliphatic heterocycles. The van der Waals surface area contributed by atoms with Gasteiger partial charge in [0.15, 0.2) is 0 Å². The number of hydrogen-bond acceptors (Lipinski definition) is 3. The Kier molecular flexibility index (Phi) is 5.86. The molecular formula is C15H19F2N3O3. The Morgan fingerprint density at radius 2 is 2.17 bits per heavy atom. The average molecular weight is 327 g/mol. The van der Waals surface area contributed by atoms with Gasteiger partial charge < -0.3 is 21.1 Å². The van der Waals surface area contributed by atoms with Crippen LogP contribution in [0.4, 0.5) is 13.6 Å². The lowest BCUT2D eigenvalue weighted by Gasteiger charge is -2.17. The van der Waals surface area contributed by atoms with E-state index in [4.69, 9.17) is 0 Å². The molecule has 1 heterocycles. The number of aliphatic hydroxyl groups excluding tert-OH is 1. The van der Waals surface area contributed by atoms with Gasteiger partial charge in [-0.1, -0.05) is 6.07 Å². The van der Waals surface area contributed by atoms with Gasteiger partial charge in [0.2, 0.25) is 5.91 Å². The van der Waals surface area contributed by atoms with Gasteiger partial charge in [-0.2, -0.15) is 0 Å². The van der Waals surface area contributed by atoms with E-state index in [1.54, 1.807) is 0 Å². The molecule has 1 aromatic rings. The van der Waals surface area contributed by atoms with Crippen molar-refractivity contribution >= 4 is 11.9 Å². The second-order valence-electron chi connectivity index (χ2n) is 5.38. The van der Waals surface area contributed by atoms with Gasteiger partial charge in [-0.15, -0.1) is 0 Å². The highest BCUT2D eigenvalue weighted by atomic mass is 19.1. The largest absolute Gasteiger partial charge is 0.386 e. The third-order valence-corrected chi connectivity index (χ3v) is 3.62. The van der Waals surface area contributed by atoms with Crippen LogP contribution in [-0.2, 0) is 4.79 Å². The fourth-order valence-electron chi connectivity index (χ4n) is 2.36. The number of carbonyl (C=O) groups excluding carboxylic acids is 2. The molecule has 1 saturated heterocycles. The number of nitrogens with one attached hydrogen (secondary N) is 3. The Morgan fingerprint density at radius 1 is 1.39 bits per heavy atom. The number of rotatable bonds is 4. The van der Waals surface area contributed by atoms with Crippen LogP contribution in [0.5, 0.6) is 0 Å². The van der Waals surface area contributed by atoms with Crippen molar-refractivity contribution in [2.75, 3.05) is 13.1 Å². The van der Waals surface area contributed by atoms with Crippen LogP contribution in [0.1, 0.15) is 30.9 Å². The highest BCUT2D eigenvalue weighted by Gasteiger charge is 2.22. The van der Waals surface area contributed by atoms with E-state index in [1.165, 1.54) is 0 Å². The van der Waals surface area contributed by atoms with Gasteiger partial charge >= 0.3 is 6.03 Å². The van der Waals surface area contributed by atoms with E-state index in [1.807, 2.05) is 0 Å². The summed E-state index contributed by atoms with van der Waals surface area (Å²) >= 11 is 0. The van der Waals surface area contributed by atoms with Crippen molar-refractivity contribution in [1.82, 2.24) is 16.0 Å². The monoisotopic (exact) mass is 327 g/mol. The molecule has 0 unspecified atom stereocenters. The SMILES string of the molecule is O=C(NC[C@@H](O)c1ccc(F)cc1F)N[C@@H]1CCCCNC1=O. The minimum absolute atomic E-state index is 0.112. The summed E-state index contributed by atoms with van der Waals surface area (Å²) in [6.45, 7) is 0.323. The molecule has 2 atom stereocenters. The first kappa shape index (κ1) is 17.1. The van der Waals surface area contributed by atoms with E-state index in [9.17, 15) is 23.5 Å². The zero-order chi connectivity index (χ0) is 16.8. The molecule has 1 aliphatic rings. The lowest BCUT2D eigenvalue weighted by Crippen LogP contribution is -2.49. The molecule has 126 valence electrons. The van der Waals surface area contributed by atoms with Crippen LogP contribution in [0.2, 0.25) is 0 Å². The van der Waals surface area contributed by atoms with Crippen LogP contribution < -0.4 is 16.0 Å². The third kappa shape index (κ3) is 4.88. The molecule has 1 fully saturated rings. The van der Waals surface area contributed by atoms with Crippen LogP contribution in [0.15, 0.2) is 18.2 Å². The Hall–Kier alpha value is -2.22. The first-order chi connectivity index (χ1) is 11.0. The topological polar surface area (TPSA) is 90.5 Å². The molecule has 0 bridgehead atoms. The van der Waals surface area contributed by atoms with Crippen LogP contribution >= 0.6 is 0 Å². The Balaban J connectivity index is 1.84. The Morgan fingerprint density at radius 3 is 2.91 bits per heavy atom. The van der Waals surface area contributed by atoms with Crippen LogP contribution in [-0.4, -0.2) is 36.2 Å². The predicted octanol–water partition coefficient (Wildman–Crippen LogP) is 0.966. The van der Waals surface area contributed by atoms with Gasteiger partial charge in [-0.05, 0) is 25.3 Å². The fourth-order valence-corrected chi connectivity index (χ4v) is 2.36. The normalized spacial score (nSPS) is 19.4. The van der Waals surface area contributed by atoms with Crippen LogP contribution in [0.3, 0.4) is 0 Å². The van der Waals surface area contributed by atoms with E-state index in [-0.39, 0.29) is 18.0 Å². The van der Waals surface area contributed by atoms with E-state index in [0.717, 1.165) is 25.0 Å². The average Bonchev–Trinajstić information content (AvgIpc) is 2.70. The molecule has 0 saturated carbocycles. The zero-order valence-corrected chi connectivity index (χ0v) is 12.4. The van der Waals surface area contributed by atoms with Gasteiger partial charge in [0.1, 0.15) is 17.7 Å². The summed E-state index contributed by atoms with van der Waals surface area (Å²) in [5, 5.41) is 17.4. The summed E-state index contributed by atoms with van der Waals surface area (Å²) in [5.41, 5.74) is -0.112. The van der Waals surface area contributed by atoms with E-state index in [2.05, 4.69) is 16.0 Å². The minimum Gasteiger partial charge on any atom is -0.386 e. The molecule has 0 radical (unpaired) electrons. The molecule has 4 N–H and O–H groups in total. The molecule has 2 rings (SSSR count). The number of aliphatic hydroxyl groups is 1. The molecule has 8 heteroatoms. The summed E-state index contributed by atoms with van der Waals surface area (Å²) in [5.74, 6) is -1.88. The molecule has 1 aromatic carbocycles. The first-order valence-corrected chi connectivity index (χ1v) is 7.42. The summed E-state index contributed by atoms with van der Waals surface area (Å²) in [6.07, 6.45) is 0.889. The lowest BCUT2D eigenvalue weighted by molar-refractivity contribution is -0.122. The van der Waals surface area contributed by atoms with E-state index >= 15 is 0 Å². The van der Waals surface area contributed by atoms with Crippen molar-refractivity contribution in [3.8, 4) is 0 Å². The minimum atomic E-state index is -1.32. The number of urea groups is 1. The molecule has 0 aromatic heterocycles. The maximum absolute atomic E-state index is 13.5. The molecule has 23 heavy (non-hydrogen) atoms. The van der Waals surface area contributed by atoms with E-state index in [0.29, 0.717) is 19.0 Å². The maximum atomic E-state index is 13.5. The quantitative estimate of drug-likeness (QED) is 0.664. The van der Waals surface area contributed by atoms with Gasteiger partial charge in [0.05, 0.1) is 6.10 Å². The van der Waals surface area contributed by atoms with Crippen molar-refractivity contribution in [3.05, 3.63) is 35.4 Å². The summed E-state index contributed by atoms with van der Waals surface area (Å²) < 4.78 is 26.3. The van der Waals surface area contributed by atoms with Crippen LogP contribution in [0.25, 0.3) is 0 Å². The Bertz CT molecular complexity index is 583. The second-order valence-corrected chi connectivity index (χ2v) is 5.38. The smallest absolute Gasteiger partial charge is 0.315 e. The van der Waals surface area contributed by atoms with Gasteiger partial charge in [0.25, 0.3) is 0 Å². The van der Waals surface area contributed by atoms with Gasteiger partial charge in [-0.3, -0.25) is 4.79 Å². The first-order valence-electron chi connectivity index (χ1n) is 7.42. The third-order valence-electron chi connectivity index (χ3n) is 3.62. The lowest BCUT2D eigenvalue weighted by atomic mass is 10.1. The van der Waals surface area contributed by atoms with Crippen LogP contribution in [0, 0.1) is 11.6 Å². The second kappa shape index (κ2) is 7.87. The van der Waals surface area contributed by atoms with Crippen molar-refractivity contribution in [3.63, 3.8) is 0 Å². The number of amides is 3. The summed E-state index contributed by atoms with van der Waals surface area (Å²) in [6, 6.07) is 1.55. The molecule has 6 nitrogen and oxygen atoms in total. The highest BCUT2D eigenvalue weighted by Crippen LogP contribution is 2.17. The highest BCUT2D eigenvalue weighted by molar-refractivity contribution is 5.87. The molecular weight excluding hydrogens is 308 g/mol. The maximum Gasteiger partial charge on any atom is 0.315 e. The number of carbonyl (C=O) groups is 2. The molecule has 0 spiro atoms. The Labute approximate surface area is 132 Å². The zero-order valence-electron chi connectivity index (χ0n) is 12.4. The van der Waals surface area contributed by atoms with Crippen molar-refractivity contribution in [2.45, 2.75) is 31.4 Å². The predicted molar refractivity (Wildman–Crippen MR) is 78.5 cm³/mol. The number of benzene rings is 1. The molecule has 3 amide bonds. The molecule has 0 aliphatic carbocycles. The standard InChI is InChI=1S/C15H19F2N3O3/c16-9-4-5-10(11(17)7-9)13(21)8-19-15(23)20-12-3-1-2-6-18-14(12)22/h4-5,7,12-13,21H,1-3,6,8H2,(H,18,22)(H2,19,20,23)/t12-,13-/m1/s1. The van der Waals surface area contributed by atoms with Gasteiger partial charge in [-0.25, -0.2) is 13.6 Å². The number of halogens is 2. The van der Waals surface area contributed by atoms with Crippen molar-refractivity contribution in [2.24, 2.45) is 0 Å². The van der Waals surface area contributed by atoms with Gasteiger partial charge in [0, 0.05) is 24.7 Å². The fraction of sp³-hybridized carbons (Fsp3) is 0.467. The number of hydrogen-bond donors (Lipinski definition) is 4. The summed E-state index contributed by atoms with van der Waals surface area (Å²) in [4.78, 5) is 23.5. The summed E-state index contributed by atoms with van der Waals surface area (Å²) in [7, 11) is 0.